The van der Waals surface area contributed by atoms with Gasteiger partial charge in [-0.3, -0.25) is 9.59 Å². The lowest BCUT2D eigenvalue weighted by Gasteiger charge is -2.40. The van der Waals surface area contributed by atoms with Crippen LogP contribution in [0.4, 0.5) is 0 Å². The number of carbonyl (C=O) groups is 2. The summed E-state index contributed by atoms with van der Waals surface area (Å²) in [6.07, 6.45) is 1.97. The molecule has 0 heterocycles. The summed E-state index contributed by atoms with van der Waals surface area (Å²) in [5.41, 5.74) is 3.72. The largest absolute Gasteiger partial charge is 0.465 e. The molecule has 2 aliphatic carbocycles. The topological polar surface area (TPSA) is 43.4 Å². The Morgan fingerprint density at radius 3 is 1.67 bits per heavy atom. The molecule has 3 unspecified atom stereocenters. The summed E-state index contributed by atoms with van der Waals surface area (Å²) in [7, 11) is 0. The number of hydrogen-bond donors (Lipinski definition) is 0. The molecule has 6 rings (SSSR count). The van der Waals surface area contributed by atoms with Crippen LogP contribution >= 0.6 is 0 Å². The Labute approximate surface area is 229 Å². The first-order valence-electron chi connectivity index (χ1n) is 13.5. The molecular formula is C36H30O3. The van der Waals surface area contributed by atoms with Crippen molar-refractivity contribution < 1.29 is 14.3 Å². The van der Waals surface area contributed by atoms with E-state index in [1.807, 2.05) is 129 Å². The first-order valence-corrected chi connectivity index (χ1v) is 13.5. The minimum Gasteiger partial charge on any atom is -0.465 e. The summed E-state index contributed by atoms with van der Waals surface area (Å²) in [5, 5.41) is 0. The maximum Gasteiger partial charge on any atom is 0.314 e. The fourth-order valence-electron chi connectivity index (χ4n) is 7.04. The fraction of sp³-hybridized carbons (Fsp3) is 0.167. The monoisotopic (exact) mass is 510 g/mol. The van der Waals surface area contributed by atoms with E-state index in [4.69, 9.17) is 4.74 Å². The zero-order chi connectivity index (χ0) is 27.0. The summed E-state index contributed by atoms with van der Waals surface area (Å²) in [4.78, 5) is 29.7. The van der Waals surface area contributed by atoms with Gasteiger partial charge in [-0.1, -0.05) is 127 Å². The van der Waals surface area contributed by atoms with E-state index in [1.165, 1.54) is 0 Å². The summed E-state index contributed by atoms with van der Waals surface area (Å²) >= 11 is 0. The molecule has 4 aromatic rings. The lowest BCUT2D eigenvalue weighted by atomic mass is 9.60. The normalized spacial score (nSPS) is 24.8. The number of benzene rings is 4. The Kier molecular flexibility index (Phi) is 6.15. The van der Waals surface area contributed by atoms with Crippen LogP contribution in [-0.2, 0) is 25.2 Å². The van der Waals surface area contributed by atoms with Crippen LogP contribution in [0, 0.1) is 5.92 Å². The van der Waals surface area contributed by atoms with E-state index in [1.54, 1.807) is 0 Å². The maximum absolute atomic E-state index is 15.6. The van der Waals surface area contributed by atoms with Gasteiger partial charge >= 0.3 is 5.97 Å². The molecule has 3 heteroatoms. The van der Waals surface area contributed by atoms with Crippen molar-refractivity contribution in [1.29, 1.82) is 0 Å². The van der Waals surface area contributed by atoms with Crippen molar-refractivity contribution in [3.8, 4) is 0 Å². The van der Waals surface area contributed by atoms with Gasteiger partial charge in [0, 0.05) is 0 Å². The summed E-state index contributed by atoms with van der Waals surface area (Å²) < 4.78 is 5.76. The highest BCUT2D eigenvalue weighted by atomic mass is 16.5. The van der Waals surface area contributed by atoms with Crippen LogP contribution < -0.4 is 0 Å². The highest BCUT2D eigenvalue weighted by molar-refractivity contribution is 6.34. The SMILES string of the molecule is C/C=C1\C(C(=O)OCC)C2(c3ccccc3)C(=O)C1(c1ccccc1)C(c1ccccc1)=C2c1ccccc1. The van der Waals surface area contributed by atoms with Crippen LogP contribution in [0.3, 0.4) is 0 Å². The first-order chi connectivity index (χ1) is 19.1. The van der Waals surface area contributed by atoms with E-state index in [0.717, 1.165) is 39.0 Å². The van der Waals surface area contributed by atoms with Crippen LogP contribution in [0.25, 0.3) is 11.1 Å². The Hall–Kier alpha value is -4.50. The molecule has 0 aromatic heterocycles. The molecular weight excluding hydrogens is 480 g/mol. The minimum atomic E-state index is -1.27. The Morgan fingerprint density at radius 2 is 1.18 bits per heavy atom. The number of esters is 1. The van der Waals surface area contributed by atoms with Crippen molar-refractivity contribution in [2.45, 2.75) is 24.7 Å². The lowest BCUT2D eigenvalue weighted by Crippen LogP contribution is -2.42. The van der Waals surface area contributed by atoms with Crippen LogP contribution in [0.15, 0.2) is 133 Å². The van der Waals surface area contributed by atoms with E-state index in [-0.39, 0.29) is 18.4 Å². The van der Waals surface area contributed by atoms with Crippen molar-refractivity contribution in [2.75, 3.05) is 6.61 Å². The van der Waals surface area contributed by atoms with Gasteiger partial charge < -0.3 is 4.74 Å². The second-order valence-electron chi connectivity index (χ2n) is 10.0. The quantitative estimate of drug-likeness (QED) is 0.204. The van der Waals surface area contributed by atoms with Crippen molar-refractivity contribution in [1.82, 2.24) is 0 Å². The second-order valence-corrected chi connectivity index (χ2v) is 10.0. The van der Waals surface area contributed by atoms with Crippen molar-refractivity contribution >= 4 is 22.9 Å². The Balaban J connectivity index is 1.88. The fourth-order valence-corrected chi connectivity index (χ4v) is 7.04. The van der Waals surface area contributed by atoms with E-state index in [0.29, 0.717) is 0 Å². The molecule has 2 aliphatic rings. The Bertz CT molecular complexity index is 1590. The van der Waals surface area contributed by atoms with Gasteiger partial charge in [0.05, 0.1) is 12.0 Å². The van der Waals surface area contributed by atoms with E-state index >= 15 is 4.79 Å². The van der Waals surface area contributed by atoms with Crippen molar-refractivity contribution in [3.05, 3.63) is 155 Å². The van der Waals surface area contributed by atoms with Crippen LogP contribution in [0.2, 0.25) is 0 Å². The molecule has 2 bridgehead atoms. The number of rotatable bonds is 6. The zero-order valence-corrected chi connectivity index (χ0v) is 22.1. The first kappa shape index (κ1) is 24.8. The van der Waals surface area contributed by atoms with Crippen molar-refractivity contribution in [3.63, 3.8) is 0 Å². The van der Waals surface area contributed by atoms with Gasteiger partial charge in [0.2, 0.25) is 0 Å². The van der Waals surface area contributed by atoms with Crippen molar-refractivity contribution in [2.24, 2.45) is 5.92 Å². The molecule has 39 heavy (non-hydrogen) atoms. The molecule has 0 N–H and O–H groups in total. The number of allylic oxidation sites excluding steroid dienone is 3. The number of fused-ring (bicyclic) bond motifs is 2. The molecule has 0 radical (unpaired) electrons. The third kappa shape index (κ3) is 3.29. The smallest absolute Gasteiger partial charge is 0.314 e. The standard InChI is InChI=1S/C36H30O3/c1-3-29-32(33(37)39-4-2)36(28-23-15-8-16-24-28)31(26-19-11-6-12-20-26)30(25-17-9-5-10-18-25)35(29,34(36)38)27-21-13-7-14-22-27/h3,5-24,32H,4H2,1-2H3/b29-3+. The molecule has 1 fully saturated rings. The van der Waals surface area contributed by atoms with Gasteiger partial charge in [-0.15, -0.1) is 0 Å². The van der Waals surface area contributed by atoms with E-state index in [9.17, 15) is 4.79 Å². The predicted octanol–water partition coefficient (Wildman–Crippen LogP) is 7.20. The third-order valence-corrected chi connectivity index (χ3v) is 8.29. The molecule has 4 aromatic carbocycles. The summed E-state index contributed by atoms with van der Waals surface area (Å²) in [6, 6.07) is 39.9. The van der Waals surface area contributed by atoms with Crippen LogP contribution in [-0.4, -0.2) is 18.4 Å². The Morgan fingerprint density at radius 1 is 0.718 bits per heavy atom. The number of ketones is 1. The highest BCUT2D eigenvalue weighted by Crippen LogP contribution is 2.72. The van der Waals surface area contributed by atoms with E-state index in [2.05, 4.69) is 12.1 Å². The van der Waals surface area contributed by atoms with Gasteiger partial charge in [-0.05, 0) is 52.8 Å². The summed E-state index contributed by atoms with van der Waals surface area (Å²) in [6.45, 7) is 3.98. The highest BCUT2D eigenvalue weighted by Gasteiger charge is 2.76. The molecule has 0 amide bonds. The van der Waals surface area contributed by atoms with Gasteiger partial charge in [0.25, 0.3) is 0 Å². The zero-order valence-electron chi connectivity index (χ0n) is 22.1. The number of hydrogen-bond acceptors (Lipinski definition) is 3. The lowest BCUT2D eigenvalue weighted by molar-refractivity contribution is -0.148. The van der Waals surface area contributed by atoms with Gasteiger partial charge in [0.15, 0.2) is 5.78 Å². The average molecular weight is 511 g/mol. The van der Waals surface area contributed by atoms with E-state index < -0.39 is 16.7 Å². The van der Waals surface area contributed by atoms with Crippen LogP contribution in [0.5, 0.6) is 0 Å². The minimum absolute atomic E-state index is 0.00346. The predicted molar refractivity (Wildman–Crippen MR) is 155 cm³/mol. The molecule has 0 saturated heterocycles. The van der Waals surface area contributed by atoms with Gasteiger partial charge in [-0.2, -0.15) is 0 Å². The number of carbonyl (C=O) groups excluding carboxylic acids is 2. The third-order valence-electron chi connectivity index (χ3n) is 8.29. The molecule has 3 nitrogen and oxygen atoms in total. The molecule has 0 aliphatic heterocycles. The number of Topliss-reactive ketones (excluding diaryl/α,β-unsaturated/α-hetero) is 1. The average Bonchev–Trinajstić information content (AvgIpc) is 3.38. The van der Waals surface area contributed by atoms with Crippen LogP contribution in [0.1, 0.15) is 36.1 Å². The molecule has 1 saturated carbocycles. The number of ether oxygens (including phenoxy) is 1. The summed E-state index contributed by atoms with van der Waals surface area (Å²) in [5.74, 6) is -1.18. The molecule has 192 valence electrons. The van der Waals surface area contributed by atoms with Gasteiger partial charge in [-0.25, -0.2) is 0 Å². The maximum atomic E-state index is 15.6. The van der Waals surface area contributed by atoms with Gasteiger partial charge in [0.1, 0.15) is 11.3 Å². The molecule has 0 spiro atoms. The molecule has 3 atom stereocenters. The second kappa shape index (κ2) is 9.67.